The first kappa shape index (κ1) is 13.6. The maximum absolute atomic E-state index is 5.16. The first-order valence-corrected chi connectivity index (χ1v) is 6.47. The van der Waals surface area contributed by atoms with Crippen LogP contribution in [0.4, 0.5) is 0 Å². The summed E-state index contributed by atoms with van der Waals surface area (Å²) in [5.74, 6) is 0.887. The van der Waals surface area contributed by atoms with Crippen molar-refractivity contribution in [2.45, 2.75) is 26.4 Å². The molecule has 0 saturated heterocycles. The summed E-state index contributed by atoms with van der Waals surface area (Å²) in [4.78, 5) is 0. The van der Waals surface area contributed by atoms with Crippen LogP contribution in [0, 0.1) is 6.92 Å². The Kier molecular flexibility index (Phi) is 4.22. The predicted molar refractivity (Wildman–Crippen MR) is 76.2 cm³/mol. The monoisotopic (exact) mass is 259 g/mol. The molecule has 0 radical (unpaired) electrons. The number of nitrogens with zero attached hydrogens (tertiary/aromatic N) is 2. The molecule has 2 rings (SSSR count). The van der Waals surface area contributed by atoms with Crippen LogP contribution in [0.5, 0.6) is 5.75 Å². The fourth-order valence-corrected chi connectivity index (χ4v) is 2.10. The number of nitrogens with one attached hydrogen (secondary N) is 1. The van der Waals surface area contributed by atoms with Crippen molar-refractivity contribution in [1.82, 2.24) is 15.1 Å². The Morgan fingerprint density at radius 3 is 2.53 bits per heavy atom. The maximum Gasteiger partial charge on any atom is 0.118 e. The molecule has 0 aliphatic carbocycles. The molecule has 0 fully saturated rings. The van der Waals surface area contributed by atoms with Gasteiger partial charge in [-0.05, 0) is 37.6 Å². The van der Waals surface area contributed by atoms with E-state index in [0.717, 1.165) is 18.0 Å². The second-order valence-electron chi connectivity index (χ2n) is 4.78. The van der Waals surface area contributed by atoms with E-state index in [-0.39, 0.29) is 0 Å². The summed E-state index contributed by atoms with van der Waals surface area (Å²) >= 11 is 0. The van der Waals surface area contributed by atoms with Gasteiger partial charge in [0, 0.05) is 19.6 Å². The van der Waals surface area contributed by atoms with Gasteiger partial charge in [-0.1, -0.05) is 12.1 Å². The molecule has 0 aliphatic rings. The maximum atomic E-state index is 5.16. The number of hydrogen-bond donors (Lipinski definition) is 1. The van der Waals surface area contributed by atoms with Crippen LogP contribution in [0.15, 0.2) is 30.3 Å². The Balaban J connectivity index is 1.96. The summed E-state index contributed by atoms with van der Waals surface area (Å²) in [6.07, 6.45) is 0. The van der Waals surface area contributed by atoms with Gasteiger partial charge in [0.2, 0.25) is 0 Å². The molecule has 1 atom stereocenters. The molecule has 0 bridgehead atoms. The van der Waals surface area contributed by atoms with Crippen LogP contribution >= 0.6 is 0 Å². The average molecular weight is 259 g/mol. The number of aryl methyl sites for hydroxylation is 2. The van der Waals surface area contributed by atoms with Gasteiger partial charge in [-0.3, -0.25) is 4.68 Å². The van der Waals surface area contributed by atoms with Gasteiger partial charge in [-0.15, -0.1) is 0 Å². The van der Waals surface area contributed by atoms with E-state index in [4.69, 9.17) is 4.74 Å². The lowest BCUT2D eigenvalue weighted by atomic mass is 10.1. The summed E-state index contributed by atoms with van der Waals surface area (Å²) in [6.45, 7) is 4.98. The second-order valence-corrected chi connectivity index (χ2v) is 4.78. The molecule has 0 spiro atoms. The van der Waals surface area contributed by atoms with Crippen LogP contribution in [-0.4, -0.2) is 16.9 Å². The Hall–Kier alpha value is -1.81. The lowest BCUT2D eigenvalue weighted by Gasteiger charge is -2.14. The summed E-state index contributed by atoms with van der Waals surface area (Å²) in [5, 5.41) is 7.85. The molecule has 0 saturated carbocycles. The predicted octanol–water partition coefficient (Wildman–Crippen LogP) is 2.59. The molecule has 1 heterocycles. The molecule has 102 valence electrons. The van der Waals surface area contributed by atoms with Crippen LogP contribution in [0.3, 0.4) is 0 Å². The molecule has 4 heteroatoms. The Labute approximate surface area is 114 Å². The minimum atomic E-state index is 0.293. The van der Waals surface area contributed by atoms with Gasteiger partial charge < -0.3 is 10.1 Å². The lowest BCUT2D eigenvalue weighted by Crippen LogP contribution is -2.19. The van der Waals surface area contributed by atoms with Gasteiger partial charge in [0.1, 0.15) is 5.75 Å². The van der Waals surface area contributed by atoms with E-state index in [1.54, 1.807) is 7.11 Å². The quantitative estimate of drug-likeness (QED) is 0.897. The Bertz CT molecular complexity index is 531. The van der Waals surface area contributed by atoms with E-state index in [0.29, 0.717) is 6.04 Å². The van der Waals surface area contributed by atoms with Crippen LogP contribution < -0.4 is 10.1 Å². The molecular formula is C15H21N3O. The van der Waals surface area contributed by atoms with Crippen LogP contribution in [-0.2, 0) is 13.6 Å². The average Bonchev–Trinajstić information content (AvgIpc) is 2.74. The van der Waals surface area contributed by atoms with Gasteiger partial charge in [-0.2, -0.15) is 5.10 Å². The van der Waals surface area contributed by atoms with E-state index in [1.165, 1.54) is 11.3 Å². The fourth-order valence-electron chi connectivity index (χ4n) is 2.10. The topological polar surface area (TPSA) is 39.1 Å². The second kappa shape index (κ2) is 5.89. The van der Waals surface area contributed by atoms with Crippen molar-refractivity contribution in [2.75, 3.05) is 7.11 Å². The first-order chi connectivity index (χ1) is 9.10. The van der Waals surface area contributed by atoms with E-state index in [2.05, 4.69) is 35.5 Å². The molecule has 4 nitrogen and oxygen atoms in total. The highest BCUT2D eigenvalue weighted by molar-refractivity contribution is 5.28. The molecule has 1 aromatic carbocycles. The number of aromatic nitrogens is 2. The molecule has 0 amide bonds. The highest BCUT2D eigenvalue weighted by Gasteiger charge is 2.07. The fraction of sp³-hybridized carbons (Fsp3) is 0.400. The SMILES string of the molecule is COc1ccc([C@@H](C)NCc2cc(C)nn2C)cc1. The molecule has 0 aliphatic heterocycles. The highest BCUT2D eigenvalue weighted by atomic mass is 16.5. The van der Waals surface area contributed by atoms with Gasteiger partial charge in [0.05, 0.1) is 18.5 Å². The first-order valence-electron chi connectivity index (χ1n) is 6.47. The van der Waals surface area contributed by atoms with Crippen molar-refractivity contribution in [1.29, 1.82) is 0 Å². The van der Waals surface area contributed by atoms with Crippen molar-refractivity contribution in [3.05, 3.63) is 47.3 Å². The molecule has 19 heavy (non-hydrogen) atoms. The standard InChI is InChI=1S/C15H21N3O/c1-11-9-14(18(3)17-11)10-16-12(2)13-5-7-15(19-4)8-6-13/h5-9,12,16H,10H2,1-4H3/t12-/m1/s1. The van der Waals surface area contributed by atoms with Crippen molar-refractivity contribution in [2.24, 2.45) is 7.05 Å². The molecule has 2 aromatic rings. The number of hydrogen-bond acceptors (Lipinski definition) is 3. The summed E-state index contributed by atoms with van der Waals surface area (Å²) in [6, 6.07) is 10.5. The van der Waals surface area contributed by atoms with Crippen molar-refractivity contribution < 1.29 is 4.74 Å². The van der Waals surface area contributed by atoms with Crippen molar-refractivity contribution in [3.8, 4) is 5.75 Å². The molecule has 1 aromatic heterocycles. The summed E-state index contributed by atoms with van der Waals surface area (Å²) in [5.41, 5.74) is 3.49. The Morgan fingerprint density at radius 2 is 2.00 bits per heavy atom. The molecule has 0 unspecified atom stereocenters. The minimum absolute atomic E-state index is 0.293. The van der Waals surface area contributed by atoms with Gasteiger partial charge in [-0.25, -0.2) is 0 Å². The smallest absolute Gasteiger partial charge is 0.118 e. The largest absolute Gasteiger partial charge is 0.497 e. The van der Waals surface area contributed by atoms with E-state index < -0.39 is 0 Å². The lowest BCUT2D eigenvalue weighted by molar-refractivity contribution is 0.414. The van der Waals surface area contributed by atoms with Crippen LogP contribution in [0.25, 0.3) is 0 Å². The Morgan fingerprint density at radius 1 is 1.32 bits per heavy atom. The number of ether oxygens (including phenoxy) is 1. The zero-order chi connectivity index (χ0) is 13.8. The van der Waals surface area contributed by atoms with Gasteiger partial charge in [0.25, 0.3) is 0 Å². The zero-order valence-corrected chi connectivity index (χ0v) is 12.0. The normalized spacial score (nSPS) is 12.4. The van der Waals surface area contributed by atoms with E-state index >= 15 is 0 Å². The molecule has 1 N–H and O–H groups in total. The third-order valence-electron chi connectivity index (χ3n) is 3.30. The molecular weight excluding hydrogens is 238 g/mol. The van der Waals surface area contributed by atoms with E-state index in [1.807, 2.05) is 30.8 Å². The third kappa shape index (κ3) is 3.35. The van der Waals surface area contributed by atoms with Crippen LogP contribution in [0.2, 0.25) is 0 Å². The van der Waals surface area contributed by atoms with Crippen LogP contribution in [0.1, 0.15) is 29.9 Å². The van der Waals surface area contributed by atoms with E-state index in [9.17, 15) is 0 Å². The number of methoxy groups -OCH3 is 1. The van der Waals surface area contributed by atoms with Gasteiger partial charge in [0.15, 0.2) is 0 Å². The zero-order valence-electron chi connectivity index (χ0n) is 12.0. The highest BCUT2D eigenvalue weighted by Crippen LogP contribution is 2.17. The van der Waals surface area contributed by atoms with Gasteiger partial charge >= 0.3 is 0 Å². The summed E-state index contributed by atoms with van der Waals surface area (Å²) < 4.78 is 7.08. The third-order valence-corrected chi connectivity index (χ3v) is 3.30. The van der Waals surface area contributed by atoms with Crippen molar-refractivity contribution in [3.63, 3.8) is 0 Å². The minimum Gasteiger partial charge on any atom is -0.497 e. The number of benzene rings is 1. The van der Waals surface area contributed by atoms with Crippen molar-refractivity contribution >= 4 is 0 Å². The summed E-state index contributed by atoms with van der Waals surface area (Å²) in [7, 11) is 3.66. The number of rotatable bonds is 5.